The normalized spacial score (nSPS) is 24.1. The molecule has 1 aromatic carbocycles. The summed E-state index contributed by atoms with van der Waals surface area (Å²) in [7, 11) is -3.30. The van der Waals surface area contributed by atoms with Crippen LogP contribution in [0.2, 0.25) is 0 Å². The molecule has 1 fully saturated rings. The van der Waals surface area contributed by atoms with Crippen LogP contribution in [0.15, 0.2) is 29.2 Å². The molecule has 0 spiro atoms. The van der Waals surface area contributed by atoms with Crippen molar-refractivity contribution in [3.63, 3.8) is 0 Å². The summed E-state index contributed by atoms with van der Waals surface area (Å²) in [6, 6.07) is 7.12. The molecule has 0 saturated heterocycles. The van der Waals surface area contributed by atoms with Crippen LogP contribution in [0.25, 0.3) is 0 Å². The summed E-state index contributed by atoms with van der Waals surface area (Å²) < 4.78 is 25.8. The van der Waals surface area contributed by atoms with Gasteiger partial charge in [-0.15, -0.1) is 0 Å². The third-order valence-electron chi connectivity index (χ3n) is 4.42. The van der Waals surface area contributed by atoms with Crippen molar-refractivity contribution in [1.82, 2.24) is 5.32 Å². The lowest BCUT2D eigenvalue weighted by Gasteiger charge is -2.32. The molecule has 0 aliphatic heterocycles. The van der Waals surface area contributed by atoms with Gasteiger partial charge in [0.25, 0.3) is 0 Å². The van der Waals surface area contributed by atoms with Gasteiger partial charge < -0.3 is 10.4 Å². The first kappa shape index (κ1) is 17.4. The lowest BCUT2D eigenvalue weighted by atomic mass is 9.95. The van der Waals surface area contributed by atoms with Crippen LogP contribution in [-0.4, -0.2) is 37.5 Å². The van der Waals surface area contributed by atoms with Crippen molar-refractivity contribution in [2.45, 2.75) is 68.2 Å². The maximum atomic E-state index is 12.9. The molecule has 0 heterocycles. The third kappa shape index (κ3) is 4.31. The predicted molar refractivity (Wildman–Crippen MR) is 88.7 cm³/mol. The zero-order valence-corrected chi connectivity index (χ0v) is 14.3. The van der Waals surface area contributed by atoms with Crippen molar-refractivity contribution in [3.8, 4) is 0 Å². The van der Waals surface area contributed by atoms with E-state index in [1.807, 2.05) is 19.1 Å². The standard InChI is InChI=1S/C17H27NO3S/c1-13-7-9-15(10-8-13)22(20,21)17-6-4-3-5-16(17)18-12-11-14(2)19/h7-10,14,16-19H,3-6,11-12H2,1-2H3/t14-,16-,17+/m0/s1. The Morgan fingerprint density at radius 3 is 2.50 bits per heavy atom. The van der Waals surface area contributed by atoms with E-state index in [9.17, 15) is 13.5 Å². The Labute approximate surface area is 133 Å². The summed E-state index contributed by atoms with van der Waals surface area (Å²) in [4.78, 5) is 0.423. The van der Waals surface area contributed by atoms with Gasteiger partial charge >= 0.3 is 0 Å². The summed E-state index contributed by atoms with van der Waals surface area (Å²) in [5.74, 6) is 0. The molecular weight excluding hydrogens is 298 g/mol. The minimum absolute atomic E-state index is 0.0150. The number of rotatable bonds is 6. The van der Waals surface area contributed by atoms with E-state index < -0.39 is 9.84 Å². The minimum atomic E-state index is -3.30. The second-order valence-corrected chi connectivity index (χ2v) is 8.55. The van der Waals surface area contributed by atoms with E-state index in [-0.39, 0.29) is 17.4 Å². The Morgan fingerprint density at radius 2 is 1.86 bits per heavy atom. The molecule has 1 aliphatic carbocycles. The van der Waals surface area contributed by atoms with Crippen molar-refractivity contribution >= 4 is 9.84 Å². The van der Waals surface area contributed by atoms with Gasteiger partial charge in [0.1, 0.15) is 0 Å². The van der Waals surface area contributed by atoms with Crippen molar-refractivity contribution in [2.24, 2.45) is 0 Å². The van der Waals surface area contributed by atoms with Crippen LogP contribution in [-0.2, 0) is 9.84 Å². The summed E-state index contributed by atoms with van der Waals surface area (Å²) in [5, 5.41) is 12.3. The summed E-state index contributed by atoms with van der Waals surface area (Å²) >= 11 is 0. The number of aryl methyl sites for hydroxylation is 1. The van der Waals surface area contributed by atoms with Gasteiger partial charge in [-0.1, -0.05) is 30.5 Å². The first-order valence-electron chi connectivity index (χ1n) is 8.13. The van der Waals surface area contributed by atoms with Crippen LogP contribution >= 0.6 is 0 Å². The largest absolute Gasteiger partial charge is 0.393 e. The average molecular weight is 325 g/mol. The van der Waals surface area contributed by atoms with Gasteiger partial charge in [-0.25, -0.2) is 8.42 Å². The third-order valence-corrected chi connectivity index (χ3v) is 6.71. The van der Waals surface area contributed by atoms with Gasteiger partial charge in [0.15, 0.2) is 9.84 Å². The Bertz CT molecular complexity index is 566. The summed E-state index contributed by atoms with van der Waals surface area (Å²) in [6.07, 6.45) is 3.91. The first-order valence-corrected chi connectivity index (χ1v) is 9.68. The molecule has 1 aromatic rings. The van der Waals surface area contributed by atoms with Gasteiger partial charge in [-0.2, -0.15) is 0 Å². The molecule has 5 heteroatoms. The highest BCUT2D eigenvalue weighted by molar-refractivity contribution is 7.92. The Hall–Kier alpha value is -0.910. The smallest absolute Gasteiger partial charge is 0.182 e. The zero-order valence-electron chi connectivity index (χ0n) is 13.5. The van der Waals surface area contributed by atoms with Crippen LogP contribution in [0.1, 0.15) is 44.6 Å². The van der Waals surface area contributed by atoms with Gasteiger partial charge in [0, 0.05) is 6.04 Å². The lowest BCUT2D eigenvalue weighted by Crippen LogP contribution is -2.46. The molecule has 2 N–H and O–H groups in total. The van der Waals surface area contributed by atoms with Gasteiger partial charge in [0.2, 0.25) is 0 Å². The maximum absolute atomic E-state index is 12.9. The Kier molecular flexibility index (Phi) is 6.01. The van der Waals surface area contributed by atoms with E-state index in [2.05, 4.69) is 5.32 Å². The second kappa shape index (κ2) is 7.57. The van der Waals surface area contributed by atoms with Crippen LogP contribution < -0.4 is 5.32 Å². The van der Waals surface area contributed by atoms with E-state index in [1.54, 1.807) is 19.1 Å². The predicted octanol–water partition coefficient (Wildman–Crippen LogP) is 2.44. The summed E-state index contributed by atoms with van der Waals surface area (Å²) in [5.41, 5.74) is 1.06. The summed E-state index contributed by atoms with van der Waals surface area (Å²) in [6.45, 7) is 4.36. The molecule has 0 unspecified atom stereocenters. The maximum Gasteiger partial charge on any atom is 0.182 e. The quantitative estimate of drug-likeness (QED) is 0.843. The number of nitrogens with one attached hydrogen (secondary N) is 1. The molecule has 1 aliphatic rings. The monoisotopic (exact) mass is 325 g/mol. The molecule has 0 aromatic heterocycles. The van der Waals surface area contributed by atoms with E-state index in [0.717, 1.165) is 24.8 Å². The molecule has 3 atom stereocenters. The average Bonchev–Trinajstić information content (AvgIpc) is 2.48. The highest BCUT2D eigenvalue weighted by atomic mass is 32.2. The minimum Gasteiger partial charge on any atom is -0.393 e. The lowest BCUT2D eigenvalue weighted by molar-refractivity contribution is 0.181. The molecule has 4 nitrogen and oxygen atoms in total. The first-order chi connectivity index (χ1) is 10.4. The Morgan fingerprint density at radius 1 is 1.23 bits per heavy atom. The molecule has 0 amide bonds. The fraction of sp³-hybridized carbons (Fsp3) is 0.647. The SMILES string of the molecule is Cc1ccc(S(=O)(=O)[C@@H]2CCCC[C@@H]2NCC[C@H](C)O)cc1. The van der Waals surface area contributed by atoms with Gasteiger partial charge in [-0.05, 0) is 51.8 Å². The molecule has 2 rings (SSSR count). The van der Waals surface area contributed by atoms with Crippen molar-refractivity contribution < 1.29 is 13.5 Å². The van der Waals surface area contributed by atoms with E-state index in [1.165, 1.54) is 0 Å². The Balaban J connectivity index is 2.13. The van der Waals surface area contributed by atoms with Crippen molar-refractivity contribution in [3.05, 3.63) is 29.8 Å². The number of benzene rings is 1. The van der Waals surface area contributed by atoms with Crippen molar-refractivity contribution in [2.75, 3.05) is 6.54 Å². The number of aliphatic hydroxyl groups is 1. The number of sulfone groups is 1. The topological polar surface area (TPSA) is 66.4 Å². The van der Waals surface area contributed by atoms with E-state index in [0.29, 0.717) is 24.3 Å². The second-order valence-electron chi connectivity index (χ2n) is 6.38. The van der Waals surface area contributed by atoms with E-state index in [4.69, 9.17) is 0 Å². The highest BCUT2D eigenvalue weighted by Crippen LogP contribution is 2.29. The number of aliphatic hydroxyl groups excluding tert-OH is 1. The van der Waals surface area contributed by atoms with Crippen LogP contribution in [0, 0.1) is 6.92 Å². The highest BCUT2D eigenvalue weighted by Gasteiger charge is 2.36. The molecule has 22 heavy (non-hydrogen) atoms. The van der Waals surface area contributed by atoms with Crippen LogP contribution in [0.4, 0.5) is 0 Å². The number of hydrogen-bond acceptors (Lipinski definition) is 4. The van der Waals surface area contributed by atoms with Crippen molar-refractivity contribution in [1.29, 1.82) is 0 Å². The van der Waals surface area contributed by atoms with Gasteiger partial charge in [0.05, 0.1) is 16.2 Å². The van der Waals surface area contributed by atoms with Crippen LogP contribution in [0.5, 0.6) is 0 Å². The molecule has 1 saturated carbocycles. The van der Waals surface area contributed by atoms with Crippen LogP contribution in [0.3, 0.4) is 0 Å². The fourth-order valence-electron chi connectivity index (χ4n) is 3.08. The fourth-order valence-corrected chi connectivity index (χ4v) is 5.09. The molecule has 0 bridgehead atoms. The zero-order chi connectivity index (χ0) is 16.2. The number of hydrogen-bond donors (Lipinski definition) is 2. The van der Waals surface area contributed by atoms with Gasteiger partial charge in [-0.3, -0.25) is 0 Å². The molecule has 0 radical (unpaired) electrons. The molecule has 124 valence electrons. The molecular formula is C17H27NO3S. The van der Waals surface area contributed by atoms with E-state index >= 15 is 0 Å².